The van der Waals surface area contributed by atoms with Crippen molar-refractivity contribution < 1.29 is 0 Å². The average Bonchev–Trinajstić information content (AvgIpc) is 3.10. The number of guanidine groups is 2. The first-order valence-corrected chi connectivity index (χ1v) is 9.84. The number of rotatable bonds is 2. The van der Waals surface area contributed by atoms with E-state index in [1.54, 1.807) is 0 Å². The zero-order valence-electron chi connectivity index (χ0n) is 15.1. The Labute approximate surface area is 147 Å². The van der Waals surface area contributed by atoms with Gasteiger partial charge in [0.15, 0.2) is 11.9 Å². The summed E-state index contributed by atoms with van der Waals surface area (Å²) < 4.78 is 0. The molecule has 24 heavy (non-hydrogen) atoms. The van der Waals surface area contributed by atoms with E-state index in [0.29, 0.717) is 12.1 Å². The Morgan fingerprint density at radius 1 is 0.833 bits per heavy atom. The van der Waals surface area contributed by atoms with Gasteiger partial charge in [0.05, 0.1) is 6.04 Å². The van der Waals surface area contributed by atoms with E-state index in [1.807, 2.05) is 0 Å². The maximum Gasteiger partial charge on any atom is 0.194 e. The van der Waals surface area contributed by atoms with Crippen molar-refractivity contribution in [3.05, 3.63) is 0 Å². The number of likely N-dealkylation sites (tertiary alicyclic amines) is 1. The second-order valence-corrected chi connectivity index (χ2v) is 7.37. The molecule has 6 N–H and O–H groups in total. The average molecular weight is 337 g/mol. The van der Waals surface area contributed by atoms with Gasteiger partial charge in [-0.1, -0.05) is 38.5 Å². The fraction of sp³-hybridized carbons (Fsp3) is 0.889. The molecular weight excluding hydrogens is 300 g/mol. The summed E-state index contributed by atoms with van der Waals surface area (Å²) in [6.45, 7) is 2.43. The van der Waals surface area contributed by atoms with E-state index in [4.69, 9.17) is 10.4 Å². The molecule has 138 valence electrons. The molecule has 0 aromatic carbocycles. The topological polar surface area (TPSA) is 104 Å². The molecule has 1 saturated heterocycles. The Balaban J connectivity index is 0.000000471. The minimum atomic E-state index is -0.333. The van der Waals surface area contributed by atoms with Crippen LogP contribution in [0.4, 0.5) is 0 Å². The van der Waals surface area contributed by atoms with Gasteiger partial charge in [0, 0.05) is 19.1 Å². The number of nitrogens with two attached hydrogens (primary N) is 2. The van der Waals surface area contributed by atoms with Crippen molar-refractivity contribution in [3.8, 4) is 0 Å². The summed E-state index contributed by atoms with van der Waals surface area (Å²) >= 11 is 0. The van der Waals surface area contributed by atoms with Crippen molar-refractivity contribution in [1.29, 1.82) is 5.41 Å². The molecular formula is C18H36N6. The molecule has 0 aromatic heterocycles. The Bertz CT molecular complexity index is 386. The largest absolute Gasteiger partial charge is 0.370 e. The van der Waals surface area contributed by atoms with E-state index < -0.39 is 0 Å². The normalized spacial score (nSPS) is 23.5. The molecule has 0 spiro atoms. The molecule has 2 aliphatic carbocycles. The SMILES string of the molecule is C1CCC(N=C(NC2CCCCC2)N2CCCC2)CC1.N=C(N)N. The lowest BCUT2D eigenvalue weighted by Gasteiger charge is -2.30. The van der Waals surface area contributed by atoms with Crippen LogP contribution in [0.3, 0.4) is 0 Å². The van der Waals surface area contributed by atoms with E-state index in [9.17, 15) is 0 Å². The van der Waals surface area contributed by atoms with Crippen LogP contribution in [0.5, 0.6) is 0 Å². The first-order chi connectivity index (χ1) is 11.6. The lowest BCUT2D eigenvalue weighted by atomic mass is 9.95. The summed E-state index contributed by atoms with van der Waals surface area (Å²) in [5.74, 6) is 0.918. The third-order valence-corrected chi connectivity index (χ3v) is 5.22. The van der Waals surface area contributed by atoms with Gasteiger partial charge in [0.2, 0.25) is 0 Å². The zero-order valence-corrected chi connectivity index (χ0v) is 15.1. The van der Waals surface area contributed by atoms with Crippen molar-refractivity contribution >= 4 is 11.9 Å². The molecule has 3 fully saturated rings. The Morgan fingerprint density at radius 3 is 1.88 bits per heavy atom. The molecule has 6 heteroatoms. The maximum atomic E-state index is 6.06. The van der Waals surface area contributed by atoms with Gasteiger partial charge in [0.25, 0.3) is 0 Å². The first-order valence-electron chi connectivity index (χ1n) is 9.84. The van der Waals surface area contributed by atoms with Crippen molar-refractivity contribution in [2.24, 2.45) is 16.5 Å². The minimum absolute atomic E-state index is 0.333. The van der Waals surface area contributed by atoms with Crippen LogP contribution in [0.2, 0.25) is 0 Å². The van der Waals surface area contributed by atoms with Crippen LogP contribution >= 0.6 is 0 Å². The number of aliphatic imine (C=N–C) groups is 1. The van der Waals surface area contributed by atoms with Gasteiger partial charge >= 0.3 is 0 Å². The van der Waals surface area contributed by atoms with Crippen molar-refractivity contribution in [1.82, 2.24) is 10.2 Å². The molecule has 0 atom stereocenters. The van der Waals surface area contributed by atoms with Gasteiger partial charge in [-0.3, -0.25) is 5.41 Å². The molecule has 0 amide bonds. The van der Waals surface area contributed by atoms with Gasteiger partial charge in [-0.15, -0.1) is 0 Å². The van der Waals surface area contributed by atoms with Crippen LogP contribution in [0, 0.1) is 5.41 Å². The van der Waals surface area contributed by atoms with Gasteiger partial charge in [-0.05, 0) is 38.5 Å². The van der Waals surface area contributed by atoms with Crippen LogP contribution in [0.15, 0.2) is 4.99 Å². The second kappa shape index (κ2) is 10.4. The van der Waals surface area contributed by atoms with Crippen LogP contribution in [-0.4, -0.2) is 42.0 Å². The molecule has 3 rings (SSSR count). The van der Waals surface area contributed by atoms with Gasteiger partial charge in [-0.25, -0.2) is 4.99 Å². The number of nitrogens with zero attached hydrogens (tertiary/aromatic N) is 2. The zero-order chi connectivity index (χ0) is 17.2. The highest BCUT2D eigenvalue weighted by molar-refractivity contribution is 5.80. The molecule has 0 unspecified atom stereocenters. The van der Waals surface area contributed by atoms with E-state index >= 15 is 0 Å². The summed E-state index contributed by atoms with van der Waals surface area (Å²) in [7, 11) is 0. The van der Waals surface area contributed by atoms with Crippen molar-refractivity contribution in [2.45, 2.75) is 89.1 Å². The van der Waals surface area contributed by atoms with E-state index in [1.165, 1.54) is 96.1 Å². The molecule has 1 heterocycles. The molecule has 1 aliphatic heterocycles. The van der Waals surface area contributed by atoms with Crippen molar-refractivity contribution in [3.63, 3.8) is 0 Å². The highest BCUT2D eigenvalue weighted by Crippen LogP contribution is 2.22. The number of hydrogen-bond donors (Lipinski definition) is 4. The molecule has 0 aromatic rings. The molecule has 0 bridgehead atoms. The van der Waals surface area contributed by atoms with Crippen LogP contribution in [-0.2, 0) is 0 Å². The van der Waals surface area contributed by atoms with Crippen molar-refractivity contribution in [2.75, 3.05) is 13.1 Å². The fourth-order valence-electron chi connectivity index (χ4n) is 3.95. The smallest absolute Gasteiger partial charge is 0.194 e. The Kier molecular flexibility index (Phi) is 8.19. The second-order valence-electron chi connectivity index (χ2n) is 7.37. The van der Waals surface area contributed by atoms with Crippen LogP contribution in [0.1, 0.15) is 77.0 Å². The monoisotopic (exact) mass is 336 g/mol. The summed E-state index contributed by atoms with van der Waals surface area (Å²) in [6, 6.07) is 1.28. The fourth-order valence-corrected chi connectivity index (χ4v) is 3.95. The lowest BCUT2D eigenvalue weighted by Crippen LogP contribution is -2.46. The third-order valence-electron chi connectivity index (χ3n) is 5.22. The number of nitrogens with one attached hydrogen (secondary N) is 2. The quantitative estimate of drug-likeness (QED) is 0.459. The number of hydrogen-bond acceptors (Lipinski definition) is 2. The van der Waals surface area contributed by atoms with Gasteiger partial charge in [0.1, 0.15) is 0 Å². The Hall–Kier alpha value is -1.46. The predicted molar refractivity (Wildman–Crippen MR) is 101 cm³/mol. The highest BCUT2D eigenvalue weighted by Gasteiger charge is 2.22. The summed E-state index contributed by atoms with van der Waals surface area (Å²) in [6.07, 6.45) is 16.4. The van der Waals surface area contributed by atoms with Crippen LogP contribution in [0.25, 0.3) is 0 Å². The molecule has 6 nitrogen and oxygen atoms in total. The summed E-state index contributed by atoms with van der Waals surface area (Å²) in [5, 5.41) is 9.88. The maximum absolute atomic E-state index is 6.06. The molecule has 3 aliphatic rings. The standard InChI is InChI=1S/C17H31N3.CH5N3/c1-3-9-15(10-4-1)18-17(20-13-7-8-14-20)19-16-11-5-2-6-12-16;2-1(3)4/h15-16H,1-14H2,(H,18,19);(H5,2,3,4). The van der Waals surface area contributed by atoms with E-state index in [2.05, 4.69) is 21.7 Å². The third kappa shape index (κ3) is 6.97. The summed E-state index contributed by atoms with van der Waals surface area (Å²) in [5.41, 5.74) is 8.94. The van der Waals surface area contributed by atoms with Gasteiger partial charge < -0.3 is 21.7 Å². The van der Waals surface area contributed by atoms with E-state index in [0.717, 1.165) is 0 Å². The molecule has 0 radical (unpaired) electrons. The Morgan fingerprint density at radius 2 is 1.33 bits per heavy atom. The van der Waals surface area contributed by atoms with Crippen LogP contribution < -0.4 is 16.8 Å². The lowest BCUT2D eigenvalue weighted by molar-refractivity contribution is 0.381. The first kappa shape index (κ1) is 18.9. The predicted octanol–water partition coefficient (Wildman–Crippen LogP) is 2.53. The van der Waals surface area contributed by atoms with E-state index in [-0.39, 0.29) is 5.96 Å². The summed E-state index contributed by atoms with van der Waals surface area (Å²) in [4.78, 5) is 7.66. The molecule has 2 saturated carbocycles. The minimum Gasteiger partial charge on any atom is -0.370 e. The van der Waals surface area contributed by atoms with Gasteiger partial charge in [-0.2, -0.15) is 0 Å². The highest BCUT2D eigenvalue weighted by atomic mass is 15.3.